The Bertz CT molecular complexity index is 1820. The number of amides is 2. The zero-order valence-electron chi connectivity index (χ0n) is 24.9. The Labute approximate surface area is 256 Å². The molecule has 1 fully saturated rings. The summed E-state index contributed by atoms with van der Waals surface area (Å²) in [5.41, 5.74) is -0.672. The minimum absolute atomic E-state index is 0.0184. The molecule has 0 unspecified atom stereocenters. The molecule has 45 heavy (non-hydrogen) atoms. The molecular weight excluding hydrogens is 589 g/mol. The minimum atomic E-state index is -4.65. The number of benzene rings is 2. The van der Waals surface area contributed by atoms with Gasteiger partial charge in [0.1, 0.15) is 11.3 Å². The van der Waals surface area contributed by atoms with Crippen LogP contribution in [0.15, 0.2) is 65.6 Å². The van der Waals surface area contributed by atoms with Gasteiger partial charge in [0.2, 0.25) is 5.91 Å². The van der Waals surface area contributed by atoms with E-state index in [1.165, 1.54) is 34.7 Å². The number of halogens is 3. The number of alkyl halides is 3. The maximum Gasteiger partial charge on any atom is 0.416 e. The molecule has 2 aromatic carbocycles. The summed E-state index contributed by atoms with van der Waals surface area (Å²) in [6.45, 7) is 1.13. The SMILES string of the molecule is CN(C)CC(=O)N1CCC(NC(=O)c2c(-c3ccnn3-c3ccc(C#N)cc3)n(C)n(-c3cccc(C(F)(F)F)c3)c2=O)CC1. The molecule has 0 saturated carbocycles. The van der Waals surface area contributed by atoms with Crippen LogP contribution < -0.4 is 10.9 Å². The van der Waals surface area contributed by atoms with Gasteiger partial charge in [0.15, 0.2) is 0 Å². The fraction of sp³-hybridized carbons (Fsp3) is 0.323. The van der Waals surface area contributed by atoms with Gasteiger partial charge in [-0.2, -0.15) is 23.5 Å². The van der Waals surface area contributed by atoms with Crippen LogP contribution in [0.5, 0.6) is 0 Å². The molecule has 0 bridgehead atoms. The molecule has 0 radical (unpaired) electrons. The second-order valence-corrected chi connectivity index (χ2v) is 11.1. The van der Waals surface area contributed by atoms with Crippen molar-refractivity contribution in [1.82, 2.24) is 34.3 Å². The number of likely N-dealkylation sites (tertiary alicyclic amines) is 1. The Balaban J connectivity index is 1.56. The standard InChI is InChI=1S/C31H31F3N8O3/c1-38(2)19-26(43)40-15-12-22(13-16-40)37-29(44)27-28(25-11-14-36-41(25)23-9-7-20(18-35)8-10-23)39(3)42(30(27)45)24-6-4-5-21(17-24)31(32,33)34/h4-11,14,17,22H,12-13,15-16,19H2,1-3H3,(H,37,44). The van der Waals surface area contributed by atoms with Crippen molar-refractivity contribution in [2.75, 3.05) is 33.7 Å². The Hall–Kier alpha value is -5.16. The number of hydrogen-bond acceptors (Lipinski definition) is 6. The van der Waals surface area contributed by atoms with Gasteiger partial charge in [-0.3, -0.25) is 19.1 Å². The van der Waals surface area contributed by atoms with E-state index in [-0.39, 0.29) is 35.4 Å². The van der Waals surface area contributed by atoms with E-state index >= 15 is 0 Å². The summed E-state index contributed by atoms with van der Waals surface area (Å²) in [6, 6.07) is 14.1. The van der Waals surface area contributed by atoms with Crippen LogP contribution in [0.3, 0.4) is 0 Å². The predicted molar refractivity (Wildman–Crippen MR) is 159 cm³/mol. The van der Waals surface area contributed by atoms with Crippen LogP contribution in [0.4, 0.5) is 13.2 Å². The van der Waals surface area contributed by atoms with Crippen molar-refractivity contribution in [3.63, 3.8) is 0 Å². The average molecular weight is 621 g/mol. The minimum Gasteiger partial charge on any atom is -0.349 e. The van der Waals surface area contributed by atoms with Crippen LogP contribution >= 0.6 is 0 Å². The van der Waals surface area contributed by atoms with Crippen LogP contribution in [0.2, 0.25) is 0 Å². The summed E-state index contributed by atoms with van der Waals surface area (Å²) >= 11 is 0. The van der Waals surface area contributed by atoms with Gasteiger partial charge in [0.25, 0.3) is 11.5 Å². The summed E-state index contributed by atoms with van der Waals surface area (Å²) < 4.78 is 44.6. The molecule has 0 atom stereocenters. The van der Waals surface area contributed by atoms with E-state index in [2.05, 4.69) is 10.4 Å². The smallest absolute Gasteiger partial charge is 0.349 e. The first-order valence-corrected chi connectivity index (χ1v) is 14.2. The summed E-state index contributed by atoms with van der Waals surface area (Å²) in [7, 11) is 5.10. The normalized spacial score (nSPS) is 14.0. The first-order chi connectivity index (χ1) is 21.4. The number of rotatable bonds is 7. The molecule has 0 spiro atoms. The quantitative estimate of drug-likeness (QED) is 0.339. The average Bonchev–Trinajstić information content (AvgIpc) is 3.58. The van der Waals surface area contributed by atoms with Crippen molar-refractivity contribution in [3.05, 3.63) is 87.8 Å². The molecule has 3 heterocycles. The zero-order valence-corrected chi connectivity index (χ0v) is 24.9. The molecule has 1 aliphatic heterocycles. The first kappa shape index (κ1) is 31.3. The van der Waals surface area contributed by atoms with Gasteiger partial charge in [-0.1, -0.05) is 6.07 Å². The number of carbonyl (C=O) groups is 2. The largest absolute Gasteiger partial charge is 0.416 e. The number of likely N-dealkylation sites (N-methyl/N-ethyl adjacent to an activating group) is 1. The van der Waals surface area contributed by atoms with Crippen molar-refractivity contribution in [3.8, 4) is 28.8 Å². The predicted octanol–water partition coefficient (Wildman–Crippen LogP) is 3.20. The molecule has 5 rings (SSSR count). The highest BCUT2D eigenvalue weighted by molar-refractivity contribution is 6.00. The number of carbonyl (C=O) groups excluding carboxylic acids is 2. The van der Waals surface area contributed by atoms with Crippen molar-refractivity contribution >= 4 is 11.8 Å². The van der Waals surface area contributed by atoms with E-state index in [9.17, 15) is 32.8 Å². The Kier molecular flexibility index (Phi) is 8.65. The van der Waals surface area contributed by atoms with Gasteiger partial charge in [-0.15, -0.1) is 0 Å². The van der Waals surface area contributed by atoms with Gasteiger partial charge < -0.3 is 15.1 Å². The molecular formula is C31H31F3N8O3. The van der Waals surface area contributed by atoms with Gasteiger partial charge in [0, 0.05) is 26.2 Å². The Morgan fingerprint density at radius 1 is 1.07 bits per heavy atom. The Morgan fingerprint density at radius 3 is 2.38 bits per heavy atom. The number of nitriles is 1. The third-order valence-corrected chi connectivity index (χ3v) is 7.67. The lowest BCUT2D eigenvalue weighted by Crippen LogP contribution is -2.48. The molecule has 0 aliphatic carbocycles. The number of nitrogens with one attached hydrogen (secondary N) is 1. The van der Waals surface area contributed by atoms with Crippen molar-refractivity contribution in [2.24, 2.45) is 7.05 Å². The molecule has 14 heteroatoms. The summed E-state index contributed by atoms with van der Waals surface area (Å²) in [4.78, 5) is 43.9. The first-order valence-electron chi connectivity index (χ1n) is 14.2. The fourth-order valence-electron chi connectivity index (χ4n) is 5.48. The van der Waals surface area contributed by atoms with Crippen LogP contribution in [-0.2, 0) is 18.0 Å². The fourth-order valence-corrected chi connectivity index (χ4v) is 5.48. The third kappa shape index (κ3) is 6.39. The highest BCUT2D eigenvalue weighted by atomic mass is 19.4. The topological polar surface area (TPSA) is 121 Å². The molecule has 1 saturated heterocycles. The molecule has 2 amide bonds. The zero-order chi connectivity index (χ0) is 32.5. The van der Waals surface area contributed by atoms with Crippen molar-refractivity contribution < 1.29 is 22.8 Å². The highest BCUT2D eigenvalue weighted by Gasteiger charge is 2.33. The highest BCUT2D eigenvalue weighted by Crippen LogP contribution is 2.31. The lowest BCUT2D eigenvalue weighted by Gasteiger charge is -2.33. The number of aromatic nitrogens is 4. The molecule has 1 N–H and O–H groups in total. The van der Waals surface area contributed by atoms with Crippen LogP contribution in [0.1, 0.15) is 34.3 Å². The monoisotopic (exact) mass is 620 g/mol. The van der Waals surface area contributed by atoms with E-state index in [1.807, 2.05) is 20.2 Å². The van der Waals surface area contributed by atoms with E-state index in [0.29, 0.717) is 42.9 Å². The maximum absolute atomic E-state index is 14.0. The second kappa shape index (κ2) is 12.4. The van der Waals surface area contributed by atoms with E-state index < -0.39 is 23.2 Å². The lowest BCUT2D eigenvalue weighted by atomic mass is 10.0. The van der Waals surface area contributed by atoms with E-state index in [1.54, 1.807) is 40.1 Å². The van der Waals surface area contributed by atoms with Gasteiger partial charge in [-0.25, -0.2) is 9.36 Å². The van der Waals surface area contributed by atoms with Gasteiger partial charge in [-0.05, 0) is 75.5 Å². The summed E-state index contributed by atoms with van der Waals surface area (Å²) in [6.07, 6.45) is -2.23. The molecule has 4 aromatic rings. The van der Waals surface area contributed by atoms with Crippen LogP contribution in [-0.4, -0.2) is 80.5 Å². The number of piperidine rings is 1. The van der Waals surface area contributed by atoms with Crippen LogP contribution in [0.25, 0.3) is 22.8 Å². The summed E-state index contributed by atoms with van der Waals surface area (Å²) in [5.74, 6) is -0.711. The number of hydrogen-bond donors (Lipinski definition) is 1. The van der Waals surface area contributed by atoms with Gasteiger partial charge >= 0.3 is 6.18 Å². The second-order valence-electron chi connectivity index (χ2n) is 11.1. The van der Waals surface area contributed by atoms with Crippen molar-refractivity contribution in [2.45, 2.75) is 25.1 Å². The summed E-state index contributed by atoms with van der Waals surface area (Å²) in [5, 5.41) is 16.5. The van der Waals surface area contributed by atoms with Crippen LogP contribution in [0, 0.1) is 11.3 Å². The molecule has 1 aliphatic rings. The molecule has 11 nitrogen and oxygen atoms in total. The lowest BCUT2D eigenvalue weighted by molar-refractivity contribution is -0.137. The van der Waals surface area contributed by atoms with Gasteiger partial charge in [0.05, 0.1) is 47.0 Å². The maximum atomic E-state index is 14.0. The number of nitrogens with zero attached hydrogens (tertiary/aromatic N) is 7. The third-order valence-electron chi connectivity index (χ3n) is 7.67. The van der Waals surface area contributed by atoms with E-state index in [4.69, 9.17) is 0 Å². The van der Waals surface area contributed by atoms with E-state index in [0.717, 1.165) is 16.8 Å². The van der Waals surface area contributed by atoms with Crippen molar-refractivity contribution in [1.29, 1.82) is 5.26 Å². The molecule has 234 valence electrons. The Morgan fingerprint density at radius 2 is 1.76 bits per heavy atom. The molecule has 2 aromatic heterocycles.